The minimum atomic E-state index is 0.697. The molecule has 12 heavy (non-hydrogen) atoms. The maximum atomic E-state index is 4.18. The first kappa shape index (κ1) is 9.30. The van der Waals surface area contributed by atoms with Gasteiger partial charge >= 0.3 is 0 Å². The predicted molar refractivity (Wildman–Crippen MR) is 51.1 cm³/mol. The first-order valence-electron chi connectivity index (χ1n) is 4.77. The lowest BCUT2D eigenvalue weighted by Gasteiger charge is -2.13. The first-order valence-corrected chi connectivity index (χ1v) is 4.77. The predicted octanol–water partition coefficient (Wildman–Crippen LogP) is 2.71. The fourth-order valence-electron chi connectivity index (χ4n) is 1.69. The molecule has 2 heteroatoms. The van der Waals surface area contributed by atoms with Gasteiger partial charge in [-0.2, -0.15) is 5.10 Å². The molecule has 68 valence electrons. The third kappa shape index (κ3) is 1.87. The van der Waals surface area contributed by atoms with E-state index in [1.54, 1.807) is 0 Å². The number of nitrogens with zero attached hydrogens (tertiary/aromatic N) is 2. The van der Waals surface area contributed by atoms with Gasteiger partial charge in [-0.3, -0.25) is 4.68 Å². The molecule has 0 amide bonds. The van der Waals surface area contributed by atoms with Crippen molar-refractivity contribution in [2.75, 3.05) is 0 Å². The van der Waals surface area contributed by atoms with E-state index in [4.69, 9.17) is 0 Å². The number of aromatic nitrogens is 2. The van der Waals surface area contributed by atoms with Crippen molar-refractivity contribution in [3.63, 3.8) is 0 Å². The second-order valence-electron chi connectivity index (χ2n) is 3.27. The maximum absolute atomic E-state index is 4.18. The Labute approximate surface area is 74.6 Å². The molecule has 1 aromatic rings. The fourth-order valence-corrected chi connectivity index (χ4v) is 1.69. The molecular weight excluding hydrogens is 148 g/mol. The third-order valence-corrected chi connectivity index (χ3v) is 2.41. The molecule has 0 spiro atoms. The van der Waals surface area contributed by atoms with Gasteiger partial charge in [0, 0.05) is 24.9 Å². The SMILES string of the molecule is CCCC(CC)c1ccnn1C. The highest BCUT2D eigenvalue weighted by Crippen LogP contribution is 2.23. The fraction of sp³-hybridized carbons (Fsp3) is 0.700. The highest BCUT2D eigenvalue weighted by atomic mass is 15.3. The summed E-state index contributed by atoms with van der Waals surface area (Å²) >= 11 is 0. The van der Waals surface area contributed by atoms with Crippen molar-refractivity contribution in [2.24, 2.45) is 7.05 Å². The molecule has 1 unspecified atom stereocenters. The van der Waals surface area contributed by atoms with Crippen LogP contribution in [-0.4, -0.2) is 9.78 Å². The van der Waals surface area contributed by atoms with Gasteiger partial charge in [0.05, 0.1) is 0 Å². The summed E-state index contributed by atoms with van der Waals surface area (Å²) in [5, 5.41) is 4.18. The second kappa shape index (κ2) is 4.29. The summed E-state index contributed by atoms with van der Waals surface area (Å²) in [4.78, 5) is 0. The van der Waals surface area contributed by atoms with Crippen molar-refractivity contribution in [1.82, 2.24) is 9.78 Å². The second-order valence-corrected chi connectivity index (χ2v) is 3.27. The van der Waals surface area contributed by atoms with Crippen LogP contribution in [0.5, 0.6) is 0 Å². The smallest absolute Gasteiger partial charge is 0.0492 e. The largest absolute Gasteiger partial charge is 0.272 e. The number of aryl methyl sites for hydroxylation is 1. The molecule has 0 fully saturated rings. The van der Waals surface area contributed by atoms with E-state index in [-0.39, 0.29) is 0 Å². The third-order valence-electron chi connectivity index (χ3n) is 2.41. The molecule has 2 nitrogen and oxygen atoms in total. The zero-order chi connectivity index (χ0) is 8.97. The van der Waals surface area contributed by atoms with E-state index in [1.165, 1.54) is 25.0 Å². The summed E-state index contributed by atoms with van der Waals surface area (Å²) in [7, 11) is 2.02. The average molecular weight is 166 g/mol. The lowest BCUT2D eigenvalue weighted by molar-refractivity contribution is 0.544. The number of hydrogen-bond acceptors (Lipinski definition) is 1. The molecule has 0 radical (unpaired) electrons. The van der Waals surface area contributed by atoms with Crippen molar-refractivity contribution >= 4 is 0 Å². The zero-order valence-corrected chi connectivity index (χ0v) is 8.25. The van der Waals surface area contributed by atoms with Crippen molar-refractivity contribution in [1.29, 1.82) is 0 Å². The van der Waals surface area contributed by atoms with Crippen LogP contribution in [0, 0.1) is 0 Å². The summed E-state index contributed by atoms with van der Waals surface area (Å²) < 4.78 is 1.99. The van der Waals surface area contributed by atoms with Gasteiger partial charge in [-0.05, 0) is 18.9 Å². The Morgan fingerprint density at radius 3 is 2.67 bits per heavy atom. The Morgan fingerprint density at radius 2 is 2.25 bits per heavy atom. The van der Waals surface area contributed by atoms with Crippen LogP contribution in [0.25, 0.3) is 0 Å². The molecular formula is C10H18N2. The molecule has 0 aromatic carbocycles. The Bertz CT molecular complexity index is 227. The van der Waals surface area contributed by atoms with Gasteiger partial charge in [-0.15, -0.1) is 0 Å². The quantitative estimate of drug-likeness (QED) is 0.672. The van der Waals surface area contributed by atoms with Gasteiger partial charge in [-0.1, -0.05) is 20.3 Å². The van der Waals surface area contributed by atoms with E-state index >= 15 is 0 Å². The van der Waals surface area contributed by atoms with Crippen molar-refractivity contribution in [2.45, 2.75) is 39.0 Å². The molecule has 0 aliphatic rings. The van der Waals surface area contributed by atoms with E-state index in [9.17, 15) is 0 Å². The normalized spacial score (nSPS) is 13.2. The topological polar surface area (TPSA) is 17.8 Å². The van der Waals surface area contributed by atoms with Crippen LogP contribution in [0.1, 0.15) is 44.7 Å². The van der Waals surface area contributed by atoms with Gasteiger partial charge in [0.25, 0.3) is 0 Å². The lowest BCUT2D eigenvalue weighted by Crippen LogP contribution is -2.04. The summed E-state index contributed by atoms with van der Waals surface area (Å²) in [5.41, 5.74) is 1.37. The average Bonchev–Trinajstić information content (AvgIpc) is 2.47. The van der Waals surface area contributed by atoms with E-state index < -0.39 is 0 Å². The lowest BCUT2D eigenvalue weighted by atomic mass is 9.97. The van der Waals surface area contributed by atoms with Crippen molar-refractivity contribution < 1.29 is 0 Å². The monoisotopic (exact) mass is 166 g/mol. The number of hydrogen-bond donors (Lipinski definition) is 0. The highest BCUT2D eigenvalue weighted by molar-refractivity contribution is 5.06. The molecule has 0 N–H and O–H groups in total. The molecule has 0 aliphatic heterocycles. The van der Waals surface area contributed by atoms with Crippen molar-refractivity contribution in [3.05, 3.63) is 18.0 Å². The van der Waals surface area contributed by atoms with E-state index in [0.717, 1.165) is 0 Å². The minimum absolute atomic E-state index is 0.697. The Balaban J connectivity index is 2.72. The van der Waals surface area contributed by atoms with Gasteiger partial charge < -0.3 is 0 Å². The van der Waals surface area contributed by atoms with Crippen LogP contribution in [0.2, 0.25) is 0 Å². The van der Waals surface area contributed by atoms with Crippen LogP contribution in [-0.2, 0) is 7.05 Å². The summed E-state index contributed by atoms with van der Waals surface area (Å²) in [6.45, 7) is 4.48. The molecule has 1 rings (SSSR count). The summed E-state index contributed by atoms with van der Waals surface area (Å²) in [5.74, 6) is 0.697. The Morgan fingerprint density at radius 1 is 1.50 bits per heavy atom. The molecule has 1 heterocycles. The van der Waals surface area contributed by atoms with Gasteiger partial charge in [0.2, 0.25) is 0 Å². The van der Waals surface area contributed by atoms with Gasteiger partial charge in [-0.25, -0.2) is 0 Å². The van der Waals surface area contributed by atoms with Gasteiger partial charge in [0.1, 0.15) is 0 Å². The van der Waals surface area contributed by atoms with Crippen LogP contribution in [0.4, 0.5) is 0 Å². The highest BCUT2D eigenvalue weighted by Gasteiger charge is 2.10. The van der Waals surface area contributed by atoms with Crippen molar-refractivity contribution in [3.8, 4) is 0 Å². The van der Waals surface area contributed by atoms with Crippen LogP contribution < -0.4 is 0 Å². The molecule has 1 atom stereocenters. The van der Waals surface area contributed by atoms with E-state index in [1.807, 2.05) is 17.9 Å². The molecule has 0 saturated carbocycles. The maximum Gasteiger partial charge on any atom is 0.0492 e. The number of rotatable bonds is 4. The van der Waals surface area contributed by atoms with E-state index in [2.05, 4.69) is 25.0 Å². The van der Waals surface area contributed by atoms with Crippen LogP contribution in [0.15, 0.2) is 12.3 Å². The molecule has 0 saturated heterocycles. The molecule has 0 bridgehead atoms. The van der Waals surface area contributed by atoms with Gasteiger partial charge in [0.15, 0.2) is 0 Å². The first-order chi connectivity index (χ1) is 5.79. The summed E-state index contributed by atoms with van der Waals surface area (Å²) in [6.07, 6.45) is 5.63. The zero-order valence-electron chi connectivity index (χ0n) is 8.25. The minimum Gasteiger partial charge on any atom is -0.272 e. The van der Waals surface area contributed by atoms with Crippen LogP contribution in [0.3, 0.4) is 0 Å². The summed E-state index contributed by atoms with van der Waals surface area (Å²) in [6, 6.07) is 2.13. The van der Waals surface area contributed by atoms with Crippen LogP contribution >= 0.6 is 0 Å². The van der Waals surface area contributed by atoms with E-state index in [0.29, 0.717) is 5.92 Å². The standard InChI is InChI=1S/C10H18N2/c1-4-6-9(5-2)10-7-8-11-12(10)3/h7-9H,4-6H2,1-3H3. The molecule has 0 aliphatic carbocycles. The Hall–Kier alpha value is -0.790. The Kier molecular flexibility index (Phi) is 3.32. The molecule has 1 aromatic heterocycles.